The van der Waals surface area contributed by atoms with E-state index in [1.807, 2.05) is 41.3 Å². The van der Waals surface area contributed by atoms with Gasteiger partial charge in [-0.05, 0) is 30.7 Å². The van der Waals surface area contributed by atoms with E-state index >= 15 is 0 Å². The molecule has 0 saturated carbocycles. The van der Waals surface area contributed by atoms with E-state index in [1.54, 1.807) is 6.07 Å². The molecule has 100 valence electrons. The minimum atomic E-state index is 0.551. The van der Waals surface area contributed by atoms with Gasteiger partial charge in [-0.25, -0.2) is 0 Å². The first-order chi connectivity index (χ1) is 9.78. The van der Waals surface area contributed by atoms with Crippen molar-refractivity contribution >= 4 is 16.7 Å². The van der Waals surface area contributed by atoms with Gasteiger partial charge in [-0.2, -0.15) is 10.4 Å². The molecule has 2 N–H and O–H groups in total. The average molecular weight is 265 g/mol. The van der Waals surface area contributed by atoms with Crippen molar-refractivity contribution < 1.29 is 0 Å². The molecule has 0 atom stereocenters. The number of benzene rings is 1. The Hall–Kier alpha value is -2.74. The fourth-order valence-corrected chi connectivity index (χ4v) is 2.42. The van der Waals surface area contributed by atoms with Gasteiger partial charge in [0.2, 0.25) is 0 Å². The Morgan fingerprint density at radius 3 is 2.80 bits per heavy atom. The van der Waals surface area contributed by atoms with Gasteiger partial charge >= 0.3 is 0 Å². The van der Waals surface area contributed by atoms with Gasteiger partial charge in [0, 0.05) is 36.4 Å². The zero-order chi connectivity index (χ0) is 13.9. The number of nitriles is 1. The molecule has 0 aliphatic heterocycles. The highest BCUT2D eigenvalue weighted by atomic mass is 15.3. The number of anilines is 1. The Balaban J connectivity index is 1.74. The van der Waals surface area contributed by atoms with E-state index in [2.05, 4.69) is 15.7 Å². The molecule has 0 saturated heterocycles. The number of nitrogen functional groups attached to an aromatic ring is 1. The Morgan fingerprint density at radius 2 is 2.05 bits per heavy atom. The van der Waals surface area contributed by atoms with Crippen LogP contribution in [0.25, 0.3) is 10.9 Å². The average Bonchev–Trinajstić information content (AvgIpc) is 3.05. The molecule has 2 heterocycles. The molecule has 0 bridgehead atoms. The summed E-state index contributed by atoms with van der Waals surface area (Å²) < 4.78 is 4.02. The zero-order valence-corrected chi connectivity index (χ0v) is 11.0. The summed E-state index contributed by atoms with van der Waals surface area (Å²) in [5, 5.41) is 14.3. The quantitative estimate of drug-likeness (QED) is 0.787. The number of hydrogen-bond donors (Lipinski definition) is 1. The number of fused-ring (bicyclic) bond motifs is 1. The van der Waals surface area contributed by atoms with Crippen LogP contribution in [0.3, 0.4) is 0 Å². The maximum atomic E-state index is 9.09. The molecule has 20 heavy (non-hydrogen) atoms. The van der Waals surface area contributed by atoms with Crippen LogP contribution in [0.2, 0.25) is 0 Å². The zero-order valence-electron chi connectivity index (χ0n) is 11.0. The van der Waals surface area contributed by atoms with Gasteiger partial charge in [0.05, 0.1) is 11.6 Å². The number of aromatic nitrogens is 3. The van der Waals surface area contributed by atoms with E-state index in [1.165, 1.54) is 0 Å². The smallest absolute Gasteiger partial charge is 0.145 e. The highest BCUT2D eigenvalue weighted by molar-refractivity contribution is 5.85. The van der Waals surface area contributed by atoms with Crippen molar-refractivity contribution in [3.05, 3.63) is 48.3 Å². The molecule has 0 unspecified atom stereocenters. The third-order valence-corrected chi connectivity index (χ3v) is 3.38. The summed E-state index contributed by atoms with van der Waals surface area (Å²) in [6.45, 7) is 1.72. The summed E-state index contributed by atoms with van der Waals surface area (Å²) in [5.74, 6) is 0.551. The summed E-state index contributed by atoms with van der Waals surface area (Å²) in [4.78, 5) is 0. The van der Waals surface area contributed by atoms with Crippen molar-refractivity contribution in [1.29, 1.82) is 5.26 Å². The maximum absolute atomic E-state index is 9.09. The molecule has 3 aromatic rings. The Kier molecular flexibility index (Phi) is 3.13. The predicted molar refractivity (Wildman–Crippen MR) is 77.9 cm³/mol. The lowest BCUT2D eigenvalue weighted by Crippen LogP contribution is -2.04. The second-order valence-corrected chi connectivity index (χ2v) is 4.72. The van der Waals surface area contributed by atoms with Crippen molar-refractivity contribution in [1.82, 2.24) is 14.3 Å². The Morgan fingerprint density at radius 1 is 1.15 bits per heavy atom. The molecule has 0 spiro atoms. The molecule has 0 aliphatic carbocycles. The lowest BCUT2D eigenvalue weighted by Gasteiger charge is -2.06. The van der Waals surface area contributed by atoms with E-state index in [4.69, 9.17) is 11.0 Å². The van der Waals surface area contributed by atoms with E-state index < -0.39 is 0 Å². The van der Waals surface area contributed by atoms with Gasteiger partial charge in [0.1, 0.15) is 5.82 Å². The number of rotatable bonds is 4. The van der Waals surface area contributed by atoms with Gasteiger partial charge in [0.25, 0.3) is 0 Å². The van der Waals surface area contributed by atoms with Gasteiger partial charge in [-0.3, -0.25) is 4.68 Å². The highest BCUT2D eigenvalue weighted by Crippen LogP contribution is 2.20. The fraction of sp³-hybridized carbons (Fsp3) is 0.200. The standard InChI is InChI=1S/C15H15N5/c16-11-12-3-1-4-14-13(12)5-9-19(14)7-2-8-20-10-6-15(17)18-20/h1,3-6,9-10H,2,7-8H2,(H2,17,18). The number of aryl methyl sites for hydroxylation is 2. The Labute approximate surface area is 116 Å². The summed E-state index contributed by atoms with van der Waals surface area (Å²) in [6.07, 6.45) is 4.88. The summed E-state index contributed by atoms with van der Waals surface area (Å²) in [5.41, 5.74) is 7.41. The largest absolute Gasteiger partial charge is 0.382 e. The van der Waals surface area contributed by atoms with E-state index in [0.29, 0.717) is 5.82 Å². The third kappa shape index (κ3) is 2.24. The van der Waals surface area contributed by atoms with E-state index in [-0.39, 0.29) is 0 Å². The van der Waals surface area contributed by atoms with Gasteiger partial charge < -0.3 is 10.3 Å². The molecule has 5 nitrogen and oxygen atoms in total. The number of nitrogens with zero attached hydrogens (tertiary/aromatic N) is 4. The molecule has 0 aliphatic rings. The molecular formula is C15H15N5. The normalized spacial score (nSPS) is 10.8. The van der Waals surface area contributed by atoms with Crippen molar-refractivity contribution in [3.8, 4) is 6.07 Å². The molecule has 0 radical (unpaired) electrons. The first-order valence-electron chi connectivity index (χ1n) is 6.55. The van der Waals surface area contributed by atoms with Crippen LogP contribution >= 0.6 is 0 Å². The molecule has 5 heteroatoms. The van der Waals surface area contributed by atoms with Crippen LogP contribution in [0.1, 0.15) is 12.0 Å². The predicted octanol–water partition coefficient (Wildman–Crippen LogP) is 2.38. The van der Waals surface area contributed by atoms with Crippen LogP contribution in [0.15, 0.2) is 42.7 Å². The van der Waals surface area contributed by atoms with Crippen LogP contribution in [0.4, 0.5) is 5.82 Å². The third-order valence-electron chi connectivity index (χ3n) is 3.38. The molecule has 0 amide bonds. The van der Waals surface area contributed by atoms with Crippen LogP contribution < -0.4 is 5.73 Å². The first kappa shape index (κ1) is 12.3. The second kappa shape index (κ2) is 5.10. The van der Waals surface area contributed by atoms with Crippen molar-refractivity contribution in [2.45, 2.75) is 19.5 Å². The van der Waals surface area contributed by atoms with E-state index in [0.717, 1.165) is 36.0 Å². The molecule has 0 fully saturated rings. The van der Waals surface area contributed by atoms with Gasteiger partial charge in [-0.1, -0.05) is 6.07 Å². The van der Waals surface area contributed by atoms with Crippen LogP contribution in [-0.4, -0.2) is 14.3 Å². The maximum Gasteiger partial charge on any atom is 0.145 e. The number of nitrogens with two attached hydrogens (primary N) is 1. The van der Waals surface area contributed by atoms with Crippen LogP contribution in [-0.2, 0) is 13.1 Å². The minimum Gasteiger partial charge on any atom is -0.382 e. The molecule has 3 rings (SSSR count). The number of hydrogen-bond acceptors (Lipinski definition) is 3. The lowest BCUT2D eigenvalue weighted by atomic mass is 10.1. The van der Waals surface area contributed by atoms with Crippen molar-refractivity contribution in [2.75, 3.05) is 5.73 Å². The Bertz CT molecular complexity index is 775. The van der Waals surface area contributed by atoms with Crippen molar-refractivity contribution in [3.63, 3.8) is 0 Å². The first-order valence-corrected chi connectivity index (χ1v) is 6.55. The van der Waals surface area contributed by atoms with Crippen LogP contribution in [0, 0.1) is 11.3 Å². The van der Waals surface area contributed by atoms with Gasteiger partial charge in [0.15, 0.2) is 0 Å². The lowest BCUT2D eigenvalue weighted by molar-refractivity contribution is 0.535. The summed E-state index contributed by atoms with van der Waals surface area (Å²) in [6, 6.07) is 11.8. The molecule has 2 aromatic heterocycles. The summed E-state index contributed by atoms with van der Waals surface area (Å²) in [7, 11) is 0. The second-order valence-electron chi connectivity index (χ2n) is 4.72. The van der Waals surface area contributed by atoms with E-state index in [9.17, 15) is 0 Å². The fourth-order valence-electron chi connectivity index (χ4n) is 2.42. The van der Waals surface area contributed by atoms with Crippen LogP contribution in [0.5, 0.6) is 0 Å². The minimum absolute atomic E-state index is 0.551. The van der Waals surface area contributed by atoms with Crippen molar-refractivity contribution in [2.24, 2.45) is 0 Å². The summed E-state index contributed by atoms with van der Waals surface area (Å²) >= 11 is 0. The topological polar surface area (TPSA) is 72.6 Å². The SMILES string of the molecule is N#Cc1cccc2c1ccn2CCCn1ccc(N)n1. The molecule has 1 aromatic carbocycles. The van der Waals surface area contributed by atoms with Gasteiger partial charge in [-0.15, -0.1) is 0 Å². The monoisotopic (exact) mass is 265 g/mol. The highest BCUT2D eigenvalue weighted by Gasteiger charge is 2.04. The molecular weight excluding hydrogens is 250 g/mol.